The van der Waals surface area contributed by atoms with Crippen LogP contribution in [0.3, 0.4) is 0 Å². The summed E-state index contributed by atoms with van der Waals surface area (Å²) in [6.45, 7) is 2.34. The molecule has 1 rings (SSSR count). The Bertz CT molecular complexity index is 667. The first kappa shape index (κ1) is 16.9. The number of carbonyl (C=O) groups excluding carboxylic acids is 2. The average Bonchev–Trinajstić information content (AvgIpc) is 2.35. The molecule has 116 valence electrons. The molecule has 0 aliphatic carbocycles. The number of rotatable bonds is 4. The number of nitrogens with zero attached hydrogens (tertiary/aromatic N) is 1. The number of hydrogen-bond donors (Lipinski definition) is 1. The Balaban J connectivity index is 3.69. The lowest BCUT2D eigenvalue weighted by molar-refractivity contribution is -0.124. The minimum absolute atomic E-state index is 0.0155. The van der Waals surface area contributed by atoms with Crippen LogP contribution in [0.2, 0.25) is 0 Å². The van der Waals surface area contributed by atoms with Crippen molar-refractivity contribution in [2.75, 3.05) is 19.1 Å². The third-order valence-electron chi connectivity index (χ3n) is 2.61. The molecule has 0 radical (unpaired) electrons. The van der Waals surface area contributed by atoms with Gasteiger partial charge in [0.15, 0.2) is 0 Å². The van der Waals surface area contributed by atoms with Gasteiger partial charge in [-0.15, -0.1) is 0 Å². The fourth-order valence-electron chi connectivity index (χ4n) is 1.79. The van der Waals surface area contributed by atoms with Gasteiger partial charge in [-0.25, -0.2) is 4.90 Å². The van der Waals surface area contributed by atoms with Gasteiger partial charge >= 0.3 is 0 Å². The van der Waals surface area contributed by atoms with Crippen molar-refractivity contribution in [3.63, 3.8) is 0 Å². The number of amides is 2. The molecule has 0 saturated heterocycles. The van der Waals surface area contributed by atoms with Gasteiger partial charge in [0.25, 0.3) is 10.1 Å². The van der Waals surface area contributed by atoms with Crippen molar-refractivity contribution in [3.05, 3.63) is 12.1 Å². The van der Waals surface area contributed by atoms with Crippen LogP contribution in [0.4, 0.5) is 5.69 Å². The summed E-state index contributed by atoms with van der Waals surface area (Å²) in [7, 11) is -2.13. The number of carbonyl (C=O) groups is 2. The van der Waals surface area contributed by atoms with Gasteiger partial charge < -0.3 is 9.47 Å². The Morgan fingerprint density at radius 2 is 1.52 bits per heavy atom. The van der Waals surface area contributed by atoms with E-state index in [0.717, 1.165) is 17.0 Å². The van der Waals surface area contributed by atoms with Crippen LogP contribution in [0.1, 0.15) is 13.8 Å². The van der Waals surface area contributed by atoms with E-state index in [9.17, 15) is 18.0 Å². The molecule has 8 nitrogen and oxygen atoms in total. The van der Waals surface area contributed by atoms with E-state index in [1.807, 2.05) is 0 Å². The summed E-state index contributed by atoms with van der Waals surface area (Å²) in [4.78, 5) is 23.4. The number of benzene rings is 1. The first-order chi connectivity index (χ1) is 9.63. The zero-order chi connectivity index (χ0) is 16.4. The second-order valence-corrected chi connectivity index (χ2v) is 5.41. The molecule has 1 N–H and O–H groups in total. The Morgan fingerprint density at radius 3 is 1.86 bits per heavy atom. The molecule has 0 spiro atoms. The zero-order valence-electron chi connectivity index (χ0n) is 11.9. The Morgan fingerprint density at radius 1 is 1.05 bits per heavy atom. The standard InChI is InChI=1S/C12H15NO7S/c1-7(14)13(8(2)15)9-5-11(20-4)12(21(16,17)18)6-10(9)19-3/h5-6H,1-4H3,(H,16,17,18). The highest BCUT2D eigenvalue weighted by molar-refractivity contribution is 7.86. The van der Waals surface area contributed by atoms with E-state index in [2.05, 4.69) is 0 Å². The lowest BCUT2D eigenvalue weighted by Crippen LogP contribution is -2.33. The molecule has 0 saturated carbocycles. The molecule has 0 unspecified atom stereocenters. The topological polar surface area (TPSA) is 110 Å². The molecule has 0 atom stereocenters. The van der Waals surface area contributed by atoms with Crippen LogP contribution in [0.15, 0.2) is 17.0 Å². The highest BCUT2D eigenvalue weighted by Crippen LogP contribution is 2.37. The van der Waals surface area contributed by atoms with Crippen LogP contribution in [0.5, 0.6) is 11.5 Å². The summed E-state index contributed by atoms with van der Waals surface area (Å²) in [5, 5.41) is 0. The van der Waals surface area contributed by atoms with Crippen molar-refractivity contribution in [1.82, 2.24) is 0 Å². The third kappa shape index (κ3) is 3.50. The number of anilines is 1. The molecule has 1 aromatic carbocycles. The van der Waals surface area contributed by atoms with E-state index in [4.69, 9.17) is 14.0 Å². The van der Waals surface area contributed by atoms with Gasteiger partial charge in [0.1, 0.15) is 16.4 Å². The Labute approximate surface area is 122 Å². The number of ether oxygens (including phenoxy) is 2. The van der Waals surface area contributed by atoms with E-state index in [1.54, 1.807) is 0 Å². The molecular weight excluding hydrogens is 302 g/mol. The maximum atomic E-state index is 11.6. The highest BCUT2D eigenvalue weighted by Gasteiger charge is 2.26. The predicted octanol–water partition coefficient (Wildman–Crippen LogP) is 0.850. The van der Waals surface area contributed by atoms with E-state index < -0.39 is 26.8 Å². The van der Waals surface area contributed by atoms with Crippen LogP contribution in [0, 0.1) is 0 Å². The van der Waals surface area contributed by atoms with Gasteiger partial charge in [0, 0.05) is 26.0 Å². The van der Waals surface area contributed by atoms with Gasteiger partial charge in [0.2, 0.25) is 11.8 Å². The second-order valence-electron chi connectivity index (χ2n) is 4.02. The van der Waals surface area contributed by atoms with E-state index in [-0.39, 0.29) is 17.2 Å². The molecule has 0 aliphatic rings. The van der Waals surface area contributed by atoms with Crippen molar-refractivity contribution < 1.29 is 32.0 Å². The molecule has 2 amide bonds. The molecule has 0 aliphatic heterocycles. The Kier molecular flexibility index (Phi) is 4.92. The molecule has 1 aromatic rings. The lowest BCUT2D eigenvalue weighted by Gasteiger charge is -2.21. The zero-order valence-corrected chi connectivity index (χ0v) is 12.7. The quantitative estimate of drug-likeness (QED) is 0.819. The van der Waals surface area contributed by atoms with Crippen molar-refractivity contribution >= 4 is 27.6 Å². The van der Waals surface area contributed by atoms with Crippen LogP contribution in [-0.4, -0.2) is 39.0 Å². The van der Waals surface area contributed by atoms with E-state index in [0.29, 0.717) is 0 Å². The van der Waals surface area contributed by atoms with Gasteiger partial charge in [-0.3, -0.25) is 14.1 Å². The van der Waals surface area contributed by atoms with Crippen molar-refractivity contribution in [2.24, 2.45) is 0 Å². The average molecular weight is 317 g/mol. The fraction of sp³-hybridized carbons (Fsp3) is 0.333. The van der Waals surface area contributed by atoms with Crippen LogP contribution >= 0.6 is 0 Å². The van der Waals surface area contributed by atoms with Gasteiger partial charge in [0.05, 0.1) is 19.9 Å². The van der Waals surface area contributed by atoms with Crippen molar-refractivity contribution in [3.8, 4) is 11.5 Å². The predicted molar refractivity (Wildman–Crippen MR) is 73.2 cm³/mol. The molecular formula is C12H15NO7S. The summed E-state index contributed by atoms with van der Waals surface area (Å²) in [5.41, 5.74) is 0.0155. The summed E-state index contributed by atoms with van der Waals surface area (Å²) < 4.78 is 41.6. The first-order valence-electron chi connectivity index (χ1n) is 5.68. The summed E-state index contributed by atoms with van der Waals surface area (Å²) in [5.74, 6) is -1.46. The van der Waals surface area contributed by atoms with Crippen LogP contribution < -0.4 is 14.4 Å². The third-order valence-corrected chi connectivity index (χ3v) is 3.49. The molecule has 9 heteroatoms. The highest BCUT2D eigenvalue weighted by atomic mass is 32.2. The Hall–Kier alpha value is -2.13. The molecule has 0 fully saturated rings. The first-order valence-corrected chi connectivity index (χ1v) is 7.12. The molecule has 0 aromatic heterocycles. The molecule has 21 heavy (non-hydrogen) atoms. The minimum Gasteiger partial charge on any atom is -0.495 e. The number of hydrogen-bond acceptors (Lipinski definition) is 6. The maximum Gasteiger partial charge on any atom is 0.298 e. The smallest absolute Gasteiger partial charge is 0.298 e. The normalized spacial score (nSPS) is 10.9. The van der Waals surface area contributed by atoms with Crippen LogP contribution in [0.25, 0.3) is 0 Å². The monoisotopic (exact) mass is 317 g/mol. The molecule has 0 bridgehead atoms. The van der Waals surface area contributed by atoms with Gasteiger partial charge in [-0.1, -0.05) is 0 Å². The lowest BCUT2D eigenvalue weighted by atomic mass is 10.2. The van der Waals surface area contributed by atoms with E-state index in [1.165, 1.54) is 28.1 Å². The SMILES string of the molecule is COc1cc(S(=O)(=O)O)c(OC)cc1N(C(C)=O)C(C)=O. The largest absolute Gasteiger partial charge is 0.495 e. The van der Waals surface area contributed by atoms with Gasteiger partial charge in [-0.2, -0.15) is 8.42 Å². The second kappa shape index (κ2) is 6.10. The number of imide groups is 1. The summed E-state index contributed by atoms with van der Waals surface area (Å²) in [6.07, 6.45) is 0. The maximum absolute atomic E-state index is 11.6. The fourth-order valence-corrected chi connectivity index (χ4v) is 2.44. The molecule has 0 heterocycles. The summed E-state index contributed by atoms with van der Waals surface area (Å²) >= 11 is 0. The summed E-state index contributed by atoms with van der Waals surface area (Å²) in [6, 6.07) is 2.10. The minimum atomic E-state index is -4.55. The van der Waals surface area contributed by atoms with E-state index >= 15 is 0 Å². The van der Waals surface area contributed by atoms with Crippen molar-refractivity contribution in [2.45, 2.75) is 18.7 Å². The van der Waals surface area contributed by atoms with Crippen LogP contribution in [-0.2, 0) is 19.7 Å². The number of methoxy groups -OCH3 is 2. The van der Waals surface area contributed by atoms with Crippen molar-refractivity contribution in [1.29, 1.82) is 0 Å². The van der Waals surface area contributed by atoms with Gasteiger partial charge in [-0.05, 0) is 0 Å².